The quantitative estimate of drug-likeness (QED) is 0.541. The summed E-state index contributed by atoms with van der Waals surface area (Å²) in [6, 6.07) is 5.42. The largest absolute Gasteiger partial charge is 0.454 e. The van der Waals surface area contributed by atoms with Gasteiger partial charge < -0.3 is 9.47 Å². The zero-order valence-electron chi connectivity index (χ0n) is 10.9. The molecule has 18 heavy (non-hydrogen) atoms. The predicted octanol–water partition coefficient (Wildman–Crippen LogP) is 3.96. The lowest BCUT2D eigenvalue weighted by Gasteiger charge is -2.03. The molecule has 0 N–H and O–H groups in total. The molecule has 1 aromatic carbocycles. The summed E-state index contributed by atoms with van der Waals surface area (Å²) in [6.45, 7) is 2.45. The van der Waals surface area contributed by atoms with E-state index in [4.69, 9.17) is 9.47 Å². The van der Waals surface area contributed by atoms with Gasteiger partial charge in [-0.25, -0.2) is 0 Å². The van der Waals surface area contributed by atoms with E-state index in [2.05, 4.69) is 6.92 Å². The highest BCUT2D eigenvalue weighted by atomic mass is 16.7. The molecule has 0 amide bonds. The molecule has 3 nitrogen and oxygen atoms in total. The van der Waals surface area contributed by atoms with Crippen molar-refractivity contribution < 1.29 is 14.3 Å². The summed E-state index contributed by atoms with van der Waals surface area (Å²) in [5.74, 6) is 1.62. The molecule has 0 atom stereocenters. The van der Waals surface area contributed by atoms with Crippen LogP contribution in [-0.2, 0) is 0 Å². The number of Topliss-reactive ketones (excluding diaryl/α,β-unsaturated/α-hetero) is 1. The maximum absolute atomic E-state index is 12.0. The van der Waals surface area contributed by atoms with Gasteiger partial charge in [-0.15, -0.1) is 0 Å². The van der Waals surface area contributed by atoms with Crippen LogP contribution in [-0.4, -0.2) is 12.6 Å². The lowest BCUT2D eigenvalue weighted by atomic mass is 10.0. The first-order valence-corrected chi connectivity index (χ1v) is 6.74. The summed E-state index contributed by atoms with van der Waals surface area (Å²) < 4.78 is 10.5. The number of unbranched alkanes of at least 4 members (excludes halogenated alkanes) is 4. The first kappa shape index (κ1) is 12.9. The topological polar surface area (TPSA) is 35.5 Å². The molecule has 0 spiro atoms. The number of rotatable bonds is 7. The second-order valence-corrected chi connectivity index (χ2v) is 4.66. The van der Waals surface area contributed by atoms with Gasteiger partial charge in [0.05, 0.1) is 0 Å². The molecule has 3 heteroatoms. The number of hydrogen-bond acceptors (Lipinski definition) is 3. The Morgan fingerprint density at radius 1 is 1.11 bits per heavy atom. The molecule has 1 aromatic rings. The number of ether oxygens (including phenoxy) is 2. The molecule has 1 aliphatic heterocycles. The van der Waals surface area contributed by atoms with E-state index >= 15 is 0 Å². The molecule has 2 rings (SSSR count). The minimum Gasteiger partial charge on any atom is -0.454 e. The van der Waals surface area contributed by atoms with Crippen molar-refractivity contribution in [2.24, 2.45) is 0 Å². The molecule has 0 radical (unpaired) electrons. The first-order chi connectivity index (χ1) is 8.81. The number of carbonyl (C=O) groups excluding carboxylic acids is 1. The summed E-state index contributed by atoms with van der Waals surface area (Å²) in [5, 5.41) is 0. The Labute approximate surface area is 108 Å². The van der Waals surface area contributed by atoms with Crippen LogP contribution in [0, 0.1) is 0 Å². The van der Waals surface area contributed by atoms with Crippen molar-refractivity contribution in [1.29, 1.82) is 0 Å². The van der Waals surface area contributed by atoms with Gasteiger partial charge in [-0.3, -0.25) is 4.79 Å². The standard InChI is InChI=1S/C15H20O3/c1-2-3-4-5-6-7-13(16)12-8-9-14-15(10-12)18-11-17-14/h8-10H,2-7,11H2,1H3. The van der Waals surface area contributed by atoms with Crippen LogP contribution in [0.4, 0.5) is 0 Å². The van der Waals surface area contributed by atoms with Crippen LogP contribution in [0.15, 0.2) is 18.2 Å². The molecule has 1 aliphatic rings. The summed E-state index contributed by atoms with van der Waals surface area (Å²) >= 11 is 0. The van der Waals surface area contributed by atoms with Crippen molar-refractivity contribution in [3.63, 3.8) is 0 Å². The van der Waals surface area contributed by atoms with Gasteiger partial charge >= 0.3 is 0 Å². The SMILES string of the molecule is CCCCCCCC(=O)c1ccc2c(c1)OCO2. The number of fused-ring (bicyclic) bond motifs is 1. The molecular weight excluding hydrogens is 228 g/mol. The lowest BCUT2D eigenvalue weighted by molar-refractivity contribution is 0.0978. The Morgan fingerprint density at radius 3 is 2.72 bits per heavy atom. The van der Waals surface area contributed by atoms with Crippen molar-refractivity contribution in [3.05, 3.63) is 23.8 Å². The molecule has 1 heterocycles. The molecular formula is C15H20O3. The van der Waals surface area contributed by atoms with Gasteiger partial charge in [-0.05, 0) is 24.6 Å². The number of benzene rings is 1. The average molecular weight is 248 g/mol. The molecule has 0 saturated heterocycles. The molecule has 0 fully saturated rings. The molecule has 0 saturated carbocycles. The van der Waals surface area contributed by atoms with E-state index in [9.17, 15) is 4.79 Å². The van der Waals surface area contributed by atoms with Crippen molar-refractivity contribution in [1.82, 2.24) is 0 Å². The minimum absolute atomic E-state index is 0.199. The van der Waals surface area contributed by atoms with Crippen LogP contribution in [0.5, 0.6) is 11.5 Å². The van der Waals surface area contributed by atoms with Gasteiger partial charge in [0.25, 0.3) is 0 Å². The highest BCUT2D eigenvalue weighted by Gasteiger charge is 2.15. The van der Waals surface area contributed by atoms with Crippen LogP contribution in [0.2, 0.25) is 0 Å². The number of hydrogen-bond donors (Lipinski definition) is 0. The molecule has 0 aromatic heterocycles. The third kappa shape index (κ3) is 3.25. The van der Waals surface area contributed by atoms with Gasteiger partial charge in [0.15, 0.2) is 17.3 Å². The number of ketones is 1. The van der Waals surface area contributed by atoms with Crippen molar-refractivity contribution >= 4 is 5.78 Å². The first-order valence-electron chi connectivity index (χ1n) is 6.74. The average Bonchev–Trinajstić information content (AvgIpc) is 2.85. The number of carbonyl (C=O) groups is 1. The molecule has 0 unspecified atom stereocenters. The second-order valence-electron chi connectivity index (χ2n) is 4.66. The van der Waals surface area contributed by atoms with Gasteiger partial charge in [-0.1, -0.05) is 32.6 Å². The van der Waals surface area contributed by atoms with E-state index in [0.717, 1.165) is 24.2 Å². The summed E-state index contributed by atoms with van der Waals surface area (Å²) in [4.78, 5) is 12.0. The van der Waals surface area contributed by atoms with Crippen LogP contribution in [0.3, 0.4) is 0 Å². The lowest BCUT2D eigenvalue weighted by Crippen LogP contribution is -1.98. The zero-order chi connectivity index (χ0) is 12.8. The molecule has 0 bridgehead atoms. The second kappa shape index (κ2) is 6.43. The van der Waals surface area contributed by atoms with Gasteiger partial charge in [0.2, 0.25) is 6.79 Å². The third-order valence-electron chi connectivity index (χ3n) is 3.20. The smallest absolute Gasteiger partial charge is 0.231 e. The van der Waals surface area contributed by atoms with E-state index in [1.54, 1.807) is 6.07 Å². The zero-order valence-corrected chi connectivity index (χ0v) is 10.9. The fourth-order valence-electron chi connectivity index (χ4n) is 2.10. The predicted molar refractivity (Wildman–Crippen MR) is 70.3 cm³/mol. The monoisotopic (exact) mass is 248 g/mol. The van der Waals surface area contributed by atoms with Crippen molar-refractivity contribution in [2.45, 2.75) is 45.4 Å². The van der Waals surface area contributed by atoms with Crippen LogP contribution >= 0.6 is 0 Å². The third-order valence-corrected chi connectivity index (χ3v) is 3.20. The summed E-state index contributed by atoms with van der Waals surface area (Å²) in [7, 11) is 0. The van der Waals surface area contributed by atoms with Crippen LogP contribution in [0.1, 0.15) is 55.8 Å². The van der Waals surface area contributed by atoms with E-state index < -0.39 is 0 Å². The van der Waals surface area contributed by atoms with Crippen molar-refractivity contribution in [2.75, 3.05) is 6.79 Å². The highest BCUT2D eigenvalue weighted by Crippen LogP contribution is 2.32. The maximum Gasteiger partial charge on any atom is 0.231 e. The van der Waals surface area contributed by atoms with Crippen LogP contribution in [0.25, 0.3) is 0 Å². The maximum atomic E-state index is 12.0. The Balaban J connectivity index is 1.82. The Bertz CT molecular complexity index is 412. The normalized spacial score (nSPS) is 12.7. The highest BCUT2D eigenvalue weighted by molar-refractivity contribution is 5.96. The Morgan fingerprint density at radius 2 is 1.89 bits per heavy atom. The molecule has 0 aliphatic carbocycles. The summed E-state index contributed by atoms with van der Waals surface area (Å²) in [6.07, 6.45) is 6.47. The van der Waals surface area contributed by atoms with Gasteiger partial charge in [-0.2, -0.15) is 0 Å². The Hall–Kier alpha value is -1.51. The minimum atomic E-state index is 0.199. The van der Waals surface area contributed by atoms with E-state index in [-0.39, 0.29) is 12.6 Å². The Kier molecular flexibility index (Phi) is 4.62. The molecule has 98 valence electrons. The fraction of sp³-hybridized carbons (Fsp3) is 0.533. The van der Waals surface area contributed by atoms with E-state index in [1.807, 2.05) is 12.1 Å². The summed E-state index contributed by atoms with van der Waals surface area (Å²) in [5.41, 5.74) is 0.731. The van der Waals surface area contributed by atoms with Crippen LogP contribution < -0.4 is 9.47 Å². The van der Waals surface area contributed by atoms with E-state index in [0.29, 0.717) is 12.2 Å². The van der Waals surface area contributed by atoms with Gasteiger partial charge in [0, 0.05) is 12.0 Å². The van der Waals surface area contributed by atoms with Gasteiger partial charge in [0.1, 0.15) is 0 Å². The van der Waals surface area contributed by atoms with E-state index in [1.165, 1.54) is 19.3 Å². The van der Waals surface area contributed by atoms with Crippen molar-refractivity contribution in [3.8, 4) is 11.5 Å². The fourth-order valence-corrected chi connectivity index (χ4v) is 2.10.